The van der Waals surface area contributed by atoms with Crippen molar-refractivity contribution in [3.05, 3.63) is 113 Å². The Balaban J connectivity index is 1.13. The molecule has 8 nitrogen and oxygen atoms in total. The number of nitrogens with one attached hydrogen (secondary N) is 1. The Morgan fingerprint density at radius 1 is 0.857 bits per heavy atom. The molecule has 0 unspecified atom stereocenters. The molecule has 8 heteroatoms. The van der Waals surface area contributed by atoms with Crippen molar-refractivity contribution in [3.63, 3.8) is 0 Å². The van der Waals surface area contributed by atoms with Gasteiger partial charge in [0, 0.05) is 28.4 Å². The molecule has 3 fully saturated rings. The topological polar surface area (TPSA) is 90.0 Å². The minimum Gasteiger partial charge on any atom is -0.473 e. The number of carbonyl (C=O) groups is 2. The molecule has 0 atom stereocenters. The van der Waals surface area contributed by atoms with Gasteiger partial charge in [-0.2, -0.15) is 4.98 Å². The average Bonchev–Trinajstić information content (AvgIpc) is 3.33. The van der Waals surface area contributed by atoms with Gasteiger partial charge in [-0.05, 0) is 48.6 Å². The summed E-state index contributed by atoms with van der Waals surface area (Å²) >= 11 is 0. The lowest BCUT2D eigenvalue weighted by Crippen LogP contribution is -2.73. The van der Waals surface area contributed by atoms with Gasteiger partial charge < -0.3 is 19.5 Å². The number of pyridine rings is 1. The minimum absolute atomic E-state index is 0.110. The van der Waals surface area contributed by atoms with E-state index >= 15 is 0 Å². The highest BCUT2D eigenvalue weighted by molar-refractivity contribution is 6.11. The molecule has 42 heavy (non-hydrogen) atoms. The van der Waals surface area contributed by atoms with Gasteiger partial charge in [0.1, 0.15) is 18.9 Å². The van der Waals surface area contributed by atoms with E-state index in [1.165, 1.54) is 7.11 Å². The third-order valence-electron chi connectivity index (χ3n) is 8.57. The Hall–Kier alpha value is -4.85. The summed E-state index contributed by atoms with van der Waals surface area (Å²) in [4.78, 5) is 32.3. The van der Waals surface area contributed by atoms with Crippen molar-refractivity contribution < 1.29 is 23.8 Å². The van der Waals surface area contributed by atoms with Crippen molar-refractivity contribution in [1.29, 1.82) is 0 Å². The summed E-state index contributed by atoms with van der Waals surface area (Å²) in [6.07, 6.45) is 2.25. The van der Waals surface area contributed by atoms with Crippen molar-refractivity contribution in [2.75, 3.05) is 17.3 Å². The Labute approximate surface area is 244 Å². The average molecular weight is 562 g/mol. The van der Waals surface area contributed by atoms with E-state index in [9.17, 15) is 9.59 Å². The van der Waals surface area contributed by atoms with Gasteiger partial charge in [0.05, 0.1) is 19.1 Å². The van der Waals surface area contributed by atoms with E-state index in [1.54, 1.807) is 11.0 Å². The quantitative estimate of drug-likeness (QED) is 0.241. The first-order valence-electron chi connectivity index (χ1n) is 14.1. The number of rotatable bonds is 10. The smallest absolute Gasteiger partial charge is 0.312 e. The van der Waals surface area contributed by atoms with Crippen molar-refractivity contribution >= 4 is 23.3 Å². The van der Waals surface area contributed by atoms with Crippen LogP contribution in [-0.4, -0.2) is 29.5 Å². The molecule has 2 heterocycles. The van der Waals surface area contributed by atoms with Crippen LogP contribution in [0.2, 0.25) is 0 Å². The summed E-state index contributed by atoms with van der Waals surface area (Å²) < 4.78 is 17.2. The molecule has 3 aromatic carbocycles. The van der Waals surface area contributed by atoms with Gasteiger partial charge in [-0.25, -0.2) is 0 Å². The Morgan fingerprint density at radius 3 is 2.19 bits per heavy atom. The van der Waals surface area contributed by atoms with Crippen molar-refractivity contribution in [1.82, 2.24) is 4.98 Å². The maximum absolute atomic E-state index is 13.7. The van der Waals surface area contributed by atoms with Gasteiger partial charge in [0.15, 0.2) is 0 Å². The largest absolute Gasteiger partial charge is 0.473 e. The number of benzene rings is 3. The Morgan fingerprint density at radius 2 is 1.52 bits per heavy atom. The lowest BCUT2D eigenvalue weighted by molar-refractivity contribution is -0.190. The lowest BCUT2D eigenvalue weighted by atomic mass is 9.39. The van der Waals surface area contributed by atoms with Crippen molar-refractivity contribution in [2.24, 2.45) is 5.41 Å². The van der Waals surface area contributed by atoms with Crippen LogP contribution in [0.3, 0.4) is 0 Å². The van der Waals surface area contributed by atoms with Crippen molar-refractivity contribution in [2.45, 2.75) is 44.6 Å². The second kappa shape index (κ2) is 10.2. The third kappa shape index (κ3) is 4.53. The molecule has 1 amide bonds. The molecular weight excluding hydrogens is 530 g/mol. The predicted molar refractivity (Wildman–Crippen MR) is 157 cm³/mol. The number of carbonyl (C=O) groups excluding carboxylic acids is 2. The van der Waals surface area contributed by atoms with Crippen LogP contribution < -0.4 is 19.7 Å². The third-order valence-corrected chi connectivity index (χ3v) is 8.57. The van der Waals surface area contributed by atoms with Crippen LogP contribution >= 0.6 is 0 Å². The second-order valence-electron chi connectivity index (χ2n) is 11.5. The zero-order valence-electron chi connectivity index (χ0n) is 23.3. The Bertz CT molecular complexity index is 1640. The van der Waals surface area contributed by atoms with Crippen LogP contribution in [0.4, 0.5) is 11.4 Å². The highest BCUT2D eigenvalue weighted by atomic mass is 16.5. The monoisotopic (exact) mass is 561 g/mol. The lowest BCUT2D eigenvalue weighted by Gasteiger charge is -2.68. The van der Waals surface area contributed by atoms with E-state index in [1.807, 2.05) is 84.9 Å². The zero-order chi connectivity index (χ0) is 28.7. The Kier molecular flexibility index (Phi) is 6.34. The van der Waals surface area contributed by atoms with E-state index in [-0.39, 0.29) is 22.8 Å². The van der Waals surface area contributed by atoms with Crippen LogP contribution in [0.25, 0.3) is 0 Å². The summed E-state index contributed by atoms with van der Waals surface area (Å²) in [7, 11) is 1.45. The number of ether oxygens (including phenoxy) is 3. The fraction of sp³-hybridized carbons (Fsp3) is 0.265. The zero-order valence-corrected chi connectivity index (χ0v) is 23.3. The highest BCUT2D eigenvalue weighted by Gasteiger charge is 2.72. The number of nitrogens with zero attached hydrogens (tertiary/aromatic N) is 2. The van der Waals surface area contributed by atoms with Crippen molar-refractivity contribution in [3.8, 4) is 11.8 Å². The summed E-state index contributed by atoms with van der Waals surface area (Å²) in [5, 5.41) is 3.67. The molecule has 3 aliphatic carbocycles. The molecule has 4 aliphatic rings. The number of methoxy groups -OCH3 is 1. The molecule has 2 bridgehead atoms. The van der Waals surface area contributed by atoms with Crippen LogP contribution in [0.5, 0.6) is 11.8 Å². The molecule has 212 valence electrons. The van der Waals surface area contributed by atoms with Crippen LogP contribution in [0, 0.1) is 5.41 Å². The second-order valence-corrected chi connectivity index (χ2v) is 11.5. The summed E-state index contributed by atoms with van der Waals surface area (Å²) in [5.74, 6) is 0.513. The highest BCUT2D eigenvalue weighted by Crippen LogP contribution is 2.69. The number of amides is 1. The molecule has 3 saturated carbocycles. The van der Waals surface area contributed by atoms with Gasteiger partial charge in [-0.1, -0.05) is 66.7 Å². The number of fused-ring (bicyclic) bond motifs is 1. The van der Waals surface area contributed by atoms with Gasteiger partial charge >= 0.3 is 5.97 Å². The van der Waals surface area contributed by atoms with Gasteiger partial charge in [-0.15, -0.1) is 0 Å². The van der Waals surface area contributed by atoms with Crippen LogP contribution in [-0.2, 0) is 29.3 Å². The molecule has 0 spiro atoms. The molecule has 0 saturated heterocycles. The number of hydrogen-bond donors (Lipinski definition) is 1. The number of aromatic nitrogens is 1. The number of hydrogen-bond acceptors (Lipinski definition) is 7. The number of esters is 1. The van der Waals surface area contributed by atoms with Crippen LogP contribution in [0.15, 0.2) is 91.0 Å². The molecule has 1 aliphatic heterocycles. The normalized spacial score (nSPS) is 21.5. The van der Waals surface area contributed by atoms with Gasteiger partial charge in [-0.3, -0.25) is 14.5 Å². The van der Waals surface area contributed by atoms with E-state index in [0.717, 1.165) is 41.6 Å². The van der Waals surface area contributed by atoms with E-state index in [2.05, 4.69) is 10.3 Å². The van der Waals surface area contributed by atoms with Crippen LogP contribution in [0.1, 0.15) is 46.3 Å². The SMILES string of the molecule is COC(=O)C12CC(Nc3cccc4c3CN(c3ccc(OCc5ccccc5)nc3OCc3ccccc3)C4=O)(C1)C2. The molecule has 4 aromatic rings. The summed E-state index contributed by atoms with van der Waals surface area (Å²) in [5.41, 5.74) is 4.63. The first kappa shape index (κ1) is 26.1. The fourth-order valence-electron chi connectivity index (χ4n) is 6.55. The summed E-state index contributed by atoms with van der Waals surface area (Å²) in [6.45, 7) is 1.05. The van der Waals surface area contributed by atoms with E-state index < -0.39 is 0 Å². The first-order chi connectivity index (χ1) is 20.5. The van der Waals surface area contributed by atoms with Gasteiger partial charge in [0.2, 0.25) is 11.8 Å². The molecular formula is C34H31N3O5. The molecule has 8 rings (SSSR count). The molecule has 1 aromatic heterocycles. The first-order valence-corrected chi connectivity index (χ1v) is 14.1. The number of anilines is 2. The van der Waals surface area contributed by atoms with E-state index in [4.69, 9.17) is 14.2 Å². The fourth-order valence-corrected chi connectivity index (χ4v) is 6.55. The maximum atomic E-state index is 13.7. The molecule has 1 N–H and O–H groups in total. The molecule has 0 radical (unpaired) electrons. The summed E-state index contributed by atoms with van der Waals surface area (Å²) in [6, 6.07) is 29.1. The standard InChI is InChI=1S/C34H31N3O5/c1-40-32(39)33-20-34(21-33,22-33)36-27-14-8-13-25-26(27)17-37(31(25)38)28-15-16-29(41-18-23-9-4-2-5-10-23)35-30(28)42-19-24-11-6-3-7-12-24/h2-16,36H,17-22H2,1H3. The van der Waals surface area contributed by atoms with E-state index in [0.29, 0.717) is 42.8 Å². The maximum Gasteiger partial charge on any atom is 0.312 e. The minimum atomic E-state index is -0.345. The van der Waals surface area contributed by atoms with Gasteiger partial charge in [0.25, 0.3) is 5.91 Å². The predicted octanol–water partition coefficient (Wildman–Crippen LogP) is 5.91.